The Balaban J connectivity index is 1.50. The van der Waals surface area contributed by atoms with Crippen LogP contribution < -0.4 is 5.32 Å². The number of carbonyl (C=O) groups is 3. The Morgan fingerprint density at radius 2 is 1.93 bits per heavy atom. The first-order chi connectivity index (χ1) is 12.7. The zero-order valence-electron chi connectivity index (χ0n) is 15.6. The maximum absolute atomic E-state index is 13.0. The number of sulfone groups is 1. The standard InChI is InChI=1S/C18H27N3O5S/c1-12-4-2-3-8-18(12)16(23)20(17(24)19-18)10-15(22)21(13-5-6-13)14-7-9-27(25,26)11-14/h12-14H,2-11H2,1H3,(H,19,24)/t12-,14+,18-/m0/s1. The van der Waals surface area contributed by atoms with Gasteiger partial charge in [0, 0.05) is 12.1 Å². The average molecular weight is 397 g/mol. The van der Waals surface area contributed by atoms with Gasteiger partial charge >= 0.3 is 6.03 Å². The van der Waals surface area contributed by atoms with Crippen molar-refractivity contribution >= 4 is 27.7 Å². The first-order valence-electron chi connectivity index (χ1n) is 9.89. The summed E-state index contributed by atoms with van der Waals surface area (Å²) in [5, 5.41) is 2.86. The molecule has 9 heteroatoms. The Kier molecular flexibility index (Phi) is 4.48. The van der Waals surface area contributed by atoms with E-state index in [4.69, 9.17) is 0 Å². The van der Waals surface area contributed by atoms with Gasteiger partial charge in [-0.15, -0.1) is 0 Å². The third-order valence-corrected chi connectivity index (χ3v) is 8.38. The molecule has 1 N–H and O–H groups in total. The maximum atomic E-state index is 13.0. The fraction of sp³-hybridized carbons (Fsp3) is 0.833. The first-order valence-corrected chi connectivity index (χ1v) is 11.7. The highest BCUT2D eigenvalue weighted by molar-refractivity contribution is 7.91. The van der Waals surface area contributed by atoms with Crippen molar-refractivity contribution in [2.75, 3.05) is 18.1 Å². The molecule has 2 saturated heterocycles. The van der Waals surface area contributed by atoms with Crippen molar-refractivity contribution in [2.45, 2.75) is 69.5 Å². The number of hydrogen-bond acceptors (Lipinski definition) is 5. The summed E-state index contributed by atoms with van der Waals surface area (Å²) in [5.74, 6) is -0.498. The topological polar surface area (TPSA) is 104 Å². The summed E-state index contributed by atoms with van der Waals surface area (Å²) in [6, 6.07) is -0.797. The van der Waals surface area contributed by atoms with Crippen LogP contribution in [0.25, 0.3) is 0 Å². The van der Waals surface area contributed by atoms with Gasteiger partial charge in [-0.3, -0.25) is 14.5 Å². The summed E-state index contributed by atoms with van der Waals surface area (Å²) in [5.41, 5.74) is -0.878. The van der Waals surface area contributed by atoms with Crippen LogP contribution in [-0.4, -0.2) is 71.7 Å². The highest BCUT2D eigenvalue weighted by Gasteiger charge is 2.55. The van der Waals surface area contributed by atoms with Gasteiger partial charge in [0.1, 0.15) is 12.1 Å². The zero-order chi connectivity index (χ0) is 19.4. The zero-order valence-corrected chi connectivity index (χ0v) is 16.5. The second-order valence-corrected chi connectivity index (χ2v) is 10.8. The molecule has 4 aliphatic rings. The fourth-order valence-electron chi connectivity index (χ4n) is 4.91. The smallest absolute Gasteiger partial charge is 0.325 e. The largest absolute Gasteiger partial charge is 0.334 e. The minimum absolute atomic E-state index is 0.0175. The van der Waals surface area contributed by atoms with Crippen LogP contribution >= 0.6 is 0 Å². The molecule has 2 saturated carbocycles. The van der Waals surface area contributed by atoms with Gasteiger partial charge in [0.05, 0.1) is 11.5 Å². The first kappa shape index (κ1) is 18.7. The number of rotatable bonds is 4. The molecule has 4 rings (SSSR count). The predicted molar refractivity (Wildman–Crippen MR) is 97.5 cm³/mol. The van der Waals surface area contributed by atoms with E-state index in [9.17, 15) is 22.8 Å². The minimum atomic E-state index is -3.11. The Bertz CT molecular complexity index is 778. The molecule has 150 valence electrons. The van der Waals surface area contributed by atoms with Crippen molar-refractivity contribution in [1.82, 2.24) is 15.1 Å². The van der Waals surface area contributed by atoms with E-state index in [1.165, 1.54) is 0 Å². The normalized spacial score (nSPS) is 35.5. The van der Waals surface area contributed by atoms with Gasteiger partial charge in [0.15, 0.2) is 9.84 Å². The van der Waals surface area contributed by atoms with Crippen molar-refractivity contribution in [2.24, 2.45) is 5.92 Å². The van der Waals surface area contributed by atoms with Crippen molar-refractivity contribution in [3.05, 3.63) is 0 Å². The SMILES string of the molecule is C[C@H]1CCCC[C@]12NC(=O)N(CC(=O)N(C1CC1)[C@@H]1CCS(=O)(=O)C1)C2=O. The van der Waals surface area contributed by atoms with Crippen LogP contribution in [-0.2, 0) is 19.4 Å². The Morgan fingerprint density at radius 3 is 2.52 bits per heavy atom. The van der Waals surface area contributed by atoms with E-state index >= 15 is 0 Å². The monoisotopic (exact) mass is 397 g/mol. The van der Waals surface area contributed by atoms with Gasteiger partial charge in [0.25, 0.3) is 5.91 Å². The van der Waals surface area contributed by atoms with E-state index in [2.05, 4.69) is 5.32 Å². The van der Waals surface area contributed by atoms with Crippen LogP contribution in [0.2, 0.25) is 0 Å². The summed E-state index contributed by atoms with van der Waals surface area (Å²) in [7, 11) is -3.11. The third kappa shape index (κ3) is 3.23. The number of nitrogens with zero attached hydrogens (tertiary/aromatic N) is 2. The van der Waals surface area contributed by atoms with E-state index in [0.717, 1.165) is 37.0 Å². The van der Waals surface area contributed by atoms with Crippen LogP contribution in [0.15, 0.2) is 0 Å². The Labute approximate surface area is 159 Å². The lowest BCUT2D eigenvalue weighted by molar-refractivity contribution is -0.141. The van der Waals surface area contributed by atoms with Crippen LogP contribution in [0.5, 0.6) is 0 Å². The van der Waals surface area contributed by atoms with Gasteiger partial charge in [-0.2, -0.15) is 0 Å². The average Bonchev–Trinajstić information content (AvgIpc) is 3.32. The molecule has 0 radical (unpaired) electrons. The molecule has 0 aromatic heterocycles. The molecule has 0 aromatic carbocycles. The summed E-state index contributed by atoms with van der Waals surface area (Å²) < 4.78 is 23.7. The number of imide groups is 1. The lowest BCUT2D eigenvalue weighted by Gasteiger charge is -2.37. The van der Waals surface area contributed by atoms with Crippen LogP contribution in [0.3, 0.4) is 0 Å². The lowest BCUT2D eigenvalue weighted by atomic mass is 9.73. The highest BCUT2D eigenvalue weighted by atomic mass is 32.2. The summed E-state index contributed by atoms with van der Waals surface area (Å²) in [6.07, 6.45) is 5.54. The molecule has 4 amide bonds. The Hall–Kier alpha value is -1.64. The number of carbonyl (C=O) groups excluding carboxylic acids is 3. The summed E-state index contributed by atoms with van der Waals surface area (Å²) in [4.78, 5) is 41.2. The molecule has 0 unspecified atom stereocenters. The second-order valence-electron chi connectivity index (χ2n) is 8.53. The molecule has 3 atom stereocenters. The van der Waals surface area contributed by atoms with E-state index in [1.807, 2.05) is 6.92 Å². The van der Waals surface area contributed by atoms with Crippen molar-refractivity contribution in [3.8, 4) is 0 Å². The molecular weight excluding hydrogens is 370 g/mol. The van der Waals surface area contributed by atoms with E-state index in [0.29, 0.717) is 12.8 Å². The molecule has 4 fully saturated rings. The molecule has 2 aliphatic heterocycles. The number of hydrogen-bond donors (Lipinski definition) is 1. The molecule has 27 heavy (non-hydrogen) atoms. The number of nitrogens with one attached hydrogen (secondary N) is 1. The van der Waals surface area contributed by atoms with Crippen molar-refractivity contribution < 1.29 is 22.8 Å². The van der Waals surface area contributed by atoms with Gasteiger partial charge < -0.3 is 10.2 Å². The summed E-state index contributed by atoms with van der Waals surface area (Å²) in [6.45, 7) is 1.68. The minimum Gasteiger partial charge on any atom is -0.334 e. The summed E-state index contributed by atoms with van der Waals surface area (Å²) >= 11 is 0. The lowest BCUT2D eigenvalue weighted by Crippen LogP contribution is -2.54. The van der Waals surface area contributed by atoms with Gasteiger partial charge in [-0.25, -0.2) is 13.2 Å². The third-order valence-electron chi connectivity index (χ3n) is 6.62. The molecule has 2 aliphatic carbocycles. The molecular formula is C18H27N3O5S. The highest BCUT2D eigenvalue weighted by Crippen LogP contribution is 2.38. The van der Waals surface area contributed by atoms with Crippen LogP contribution in [0.1, 0.15) is 51.9 Å². The maximum Gasteiger partial charge on any atom is 0.325 e. The van der Waals surface area contributed by atoms with Gasteiger partial charge in [-0.1, -0.05) is 19.8 Å². The molecule has 0 aromatic rings. The quantitative estimate of drug-likeness (QED) is 0.702. The molecule has 0 bridgehead atoms. The molecule has 2 heterocycles. The number of amides is 4. The van der Waals surface area contributed by atoms with E-state index in [-0.39, 0.29) is 47.9 Å². The molecule has 8 nitrogen and oxygen atoms in total. The van der Waals surface area contributed by atoms with Gasteiger partial charge in [0.2, 0.25) is 5.91 Å². The number of urea groups is 1. The van der Waals surface area contributed by atoms with E-state index < -0.39 is 21.4 Å². The van der Waals surface area contributed by atoms with Gasteiger partial charge in [-0.05, 0) is 38.0 Å². The predicted octanol–water partition coefficient (Wildman–Crippen LogP) is 0.665. The van der Waals surface area contributed by atoms with Crippen LogP contribution in [0.4, 0.5) is 4.79 Å². The molecule has 1 spiro atoms. The van der Waals surface area contributed by atoms with Crippen molar-refractivity contribution in [1.29, 1.82) is 0 Å². The van der Waals surface area contributed by atoms with E-state index in [1.54, 1.807) is 4.90 Å². The Morgan fingerprint density at radius 1 is 1.19 bits per heavy atom. The van der Waals surface area contributed by atoms with Crippen molar-refractivity contribution in [3.63, 3.8) is 0 Å². The van der Waals surface area contributed by atoms with Crippen LogP contribution in [0, 0.1) is 5.92 Å². The fourth-order valence-corrected chi connectivity index (χ4v) is 6.62. The second kappa shape index (κ2) is 6.46.